The van der Waals surface area contributed by atoms with Crippen molar-refractivity contribution in [2.24, 2.45) is 11.5 Å². The van der Waals surface area contributed by atoms with Crippen molar-refractivity contribution in [1.82, 2.24) is 0 Å². The normalized spacial score (nSPS) is 34.0. The number of carbonyl (C=O) groups excluding carboxylic acids is 1. The highest BCUT2D eigenvalue weighted by Crippen LogP contribution is 2.14. The monoisotopic (exact) mass is 128 g/mol. The van der Waals surface area contributed by atoms with Gasteiger partial charge in [-0.15, -0.1) is 0 Å². The highest BCUT2D eigenvalue weighted by atomic mass is 16.6. The second kappa shape index (κ2) is 1.48. The zero-order chi connectivity index (χ0) is 7.07. The lowest BCUT2D eigenvalue weighted by molar-refractivity contribution is -0.144. The molecule has 9 heavy (non-hydrogen) atoms. The van der Waals surface area contributed by atoms with Crippen molar-refractivity contribution in [3.05, 3.63) is 11.8 Å². The summed E-state index contributed by atoms with van der Waals surface area (Å²) in [7, 11) is 0. The SMILES string of the molecule is CC1(N)C=C(N)C(=O)O1. The first-order chi connectivity index (χ1) is 4.01. The van der Waals surface area contributed by atoms with E-state index in [1.54, 1.807) is 6.92 Å². The molecular formula is C5H8N2O2. The van der Waals surface area contributed by atoms with Gasteiger partial charge in [0.25, 0.3) is 0 Å². The number of cyclic esters (lactones) is 1. The maximum atomic E-state index is 10.5. The van der Waals surface area contributed by atoms with Gasteiger partial charge in [-0.25, -0.2) is 4.79 Å². The van der Waals surface area contributed by atoms with Gasteiger partial charge < -0.3 is 10.5 Å². The summed E-state index contributed by atoms with van der Waals surface area (Å²) >= 11 is 0. The van der Waals surface area contributed by atoms with Crippen LogP contribution < -0.4 is 11.5 Å². The smallest absolute Gasteiger partial charge is 0.356 e. The van der Waals surface area contributed by atoms with Crippen LogP contribution in [0.4, 0.5) is 0 Å². The largest absolute Gasteiger partial charge is 0.436 e. The molecule has 0 spiro atoms. The molecular weight excluding hydrogens is 120 g/mol. The van der Waals surface area contributed by atoms with Crippen LogP contribution in [-0.2, 0) is 9.53 Å². The lowest BCUT2D eigenvalue weighted by atomic mass is 10.3. The van der Waals surface area contributed by atoms with Crippen molar-refractivity contribution in [2.75, 3.05) is 0 Å². The third-order valence-electron chi connectivity index (χ3n) is 0.990. The molecule has 1 rings (SSSR count). The highest BCUT2D eigenvalue weighted by Gasteiger charge is 2.30. The Bertz CT molecular complexity index is 183. The Labute approximate surface area is 52.5 Å². The molecule has 1 aliphatic heterocycles. The van der Waals surface area contributed by atoms with Crippen LogP contribution in [0.3, 0.4) is 0 Å². The predicted octanol–water partition coefficient (Wildman–Crippen LogP) is -0.939. The second-order valence-corrected chi connectivity index (χ2v) is 2.17. The molecule has 0 amide bonds. The Morgan fingerprint density at radius 2 is 2.33 bits per heavy atom. The predicted molar refractivity (Wildman–Crippen MR) is 31.0 cm³/mol. The minimum absolute atomic E-state index is 0.0833. The first-order valence-electron chi connectivity index (χ1n) is 2.52. The number of ether oxygens (including phenoxy) is 1. The molecule has 0 saturated carbocycles. The number of carbonyl (C=O) groups is 1. The fourth-order valence-electron chi connectivity index (χ4n) is 0.656. The quantitative estimate of drug-likeness (QED) is 0.413. The standard InChI is InChI=1S/C5H8N2O2/c1-5(7)2-3(6)4(8)9-5/h2H,6-7H2,1H3. The average molecular weight is 128 g/mol. The maximum absolute atomic E-state index is 10.5. The molecule has 0 aliphatic carbocycles. The number of hydrogen-bond donors (Lipinski definition) is 2. The van der Waals surface area contributed by atoms with Gasteiger partial charge in [0.2, 0.25) is 0 Å². The second-order valence-electron chi connectivity index (χ2n) is 2.17. The summed E-state index contributed by atoms with van der Waals surface area (Å²) in [5.74, 6) is -0.542. The van der Waals surface area contributed by atoms with E-state index in [-0.39, 0.29) is 5.70 Å². The average Bonchev–Trinajstić information content (AvgIpc) is 1.79. The van der Waals surface area contributed by atoms with Crippen molar-refractivity contribution in [3.8, 4) is 0 Å². The molecule has 50 valence electrons. The molecule has 4 heteroatoms. The molecule has 0 bridgehead atoms. The molecule has 0 aromatic heterocycles. The highest BCUT2D eigenvalue weighted by molar-refractivity contribution is 5.90. The Kier molecular flexibility index (Phi) is 1.00. The van der Waals surface area contributed by atoms with Crippen LogP contribution in [0.5, 0.6) is 0 Å². The van der Waals surface area contributed by atoms with E-state index in [2.05, 4.69) is 4.74 Å². The van der Waals surface area contributed by atoms with Gasteiger partial charge in [0.1, 0.15) is 5.70 Å². The third-order valence-corrected chi connectivity index (χ3v) is 0.990. The van der Waals surface area contributed by atoms with Crippen LogP contribution in [0, 0.1) is 0 Å². The fourth-order valence-corrected chi connectivity index (χ4v) is 0.656. The van der Waals surface area contributed by atoms with Crippen molar-refractivity contribution in [1.29, 1.82) is 0 Å². The number of rotatable bonds is 0. The van der Waals surface area contributed by atoms with E-state index in [0.717, 1.165) is 0 Å². The molecule has 4 N–H and O–H groups in total. The summed E-state index contributed by atoms with van der Waals surface area (Å²) in [4.78, 5) is 10.5. The summed E-state index contributed by atoms with van der Waals surface area (Å²) in [5, 5.41) is 0. The Hall–Kier alpha value is -1.03. The van der Waals surface area contributed by atoms with Gasteiger partial charge in [0.15, 0.2) is 5.72 Å². The zero-order valence-corrected chi connectivity index (χ0v) is 5.05. The van der Waals surface area contributed by atoms with E-state index >= 15 is 0 Å². The lowest BCUT2D eigenvalue weighted by Crippen LogP contribution is -2.34. The van der Waals surface area contributed by atoms with E-state index in [4.69, 9.17) is 11.5 Å². The molecule has 0 aromatic carbocycles. The Balaban J connectivity index is 2.86. The zero-order valence-electron chi connectivity index (χ0n) is 5.05. The molecule has 0 fully saturated rings. The van der Waals surface area contributed by atoms with Crippen LogP contribution in [0.2, 0.25) is 0 Å². The Morgan fingerprint density at radius 1 is 1.78 bits per heavy atom. The number of hydrogen-bond acceptors (Lipinski definition) is 4. The van der Waals surface area contributed by atoms with Gasteiger partial charge >= 0.3 is 5.97 Å². The van der Waals surface area contributed by atoms with Crippen molar-refractivity contribution < 1.29 is 9.53 Å². The van der Waals surface area contributed by atoms with Gasteiger partial charge in [-0.05, 0) is 6.92 Å². The molecule has 1 atom stereocenters. The van der Waals surface area contributed by atoms with Crippen LogP contribution in [-0.4, -0.2) is 11.7 Å². The first-order valence-corrected chi connectivity index (χ1v) is 2.52. The van der Waals surface area contributed by atoms with Crippen LogP contribution in [0.15, 0.2) is 11.8 Å². The lowest BCUT2D eigenvalue weighted by Gasteiger charge is -2.12. The molecule has 1 aliphatic rings. The summed E-state index contributed by atoms with van der Waals surface area (Å²) in [6, 6.07) is 0. The van der Waals surface area contributed by atoms with E-state index in [9.17, 15) is 4.79 Å². The molecule has 0 saturated heterocycles. The minimum atomic E-state index is -0.999. The van der Waals surface area contributed by atoms with Gasteiger partial charge in [-0.2, -0.15) is 0 Å². The first kappa shape index (κ1) is 6.10. The van der Waals surface area contributed by atoms with Crippen LogP contribution in [0.1, 0.15) is 6.92 Å². The summed E-state index contributed by atoms with van der Waals surface area (Å²) < 4.78 is 4.58. The molecule has 1 heterocycles. The summed E-state index contributed by atoms with van der Waals surface area (Å²) in [5.41, 5.74) is 9.60. The van der Waals surface area contributed by atoms with E-state index in [1.165, 1.54) is 6.08 Å². The number of esters is 1. The molecule has 1 unspecified atom stereocenters. The molecule has 0 aromatic rings. The third kappa shape index (κ3) is 1.02. The Morgan fingerprint density at radius 3 is 2.44 bits per heavy atom. The minimum Gasteiger partial charge on any atom is -0.436 e. The maximum Gasteiger partial charge on any atom is 0.356 e. The van der Waals surface area contributed by atoms with Gasteiger partial charge in [0, 0.05) is 6.08 Å². The topological polar surface area (TPSA) is 78.3 Å². The molecule has 0 radical (unpaired) electrons. The fraction of sp³-hybridized carbons (Fsp3) is 0.400. The summed E-state index contributed by atoms with van der Waals surface area (Å²) in [6.45, 7) is 1.56. The van der Waals surface area contributed by atoms with E-state index in [1.807, 2.05) is 0 Å². The van der Waals surface area contributed by atoms with Gasteiger partial charge in [-0.1, -0.05) is 0 Å². The van der Waals surface area contributed by atoms with Crippen molar-refractivity contribution in [2.45, 2.75) is 12.6 Å². The van der Waals surface area contributed by atoms with E-state index in [0.29, 0.717) is 0 Å². The van der Waals surface area contributed by atoms with Gasteiger partial charge in [-0.3, -0.25) is 5.73 Å². The van der Waals surface area contributed by atoms with Crippen molar-refractivity contribution in [3.63, 3.8) is 0 Å². The van der Waals surface area contributed by atoms with E-state index < -0.39 is 11.7 Å². The van der Waals surface area contributed by atoms with Gasteiger partial charge in [0.05, 0.1) is 0 Å². The number of nitrogens with two attached hydrogens (primary N) is 2. The van der Waals surface area contributed by atoms with Crippen LogP contribution in [0.25, 0.3) is 0 Å². The van der Waals surface area contributed by atoms with Crippen LogP contribution >= 0.6 is 0 Å². The summed E-state index contributed by atoms with van der Waals surface area (Å²) in [6.07, 6.45) is 1.38. The van der Waals surface area contributed by atoms with Crippen molar-refractivity contribution >= 4 is 5.97 Å². The molecule has 4 nitrogen and oxygen atoms in total.